The van der Waals surface area contributed by atoms with Crippen LogP contribution in [0.2, 0.25) is 0 Å². The number of benzene rings is 1. The molecule has 116 valence electrons. The number of thioether (sulfide) groups is 1. The molecule has 0 aliphatic carbocycles. The number of ether oxygens (including phenoxy) is 1. The topological polar surface area (TPSA) is 69.4 Å². The Hall–Kier alpha value is -1.19. The van der Waals surface area contributed by atoms with Gasteiger partial charge in [0.15, 0.2) is 0 Å². The molecule has 0 spiro atoms. The smallest absolute Gasteiger partial charge is 0.296 e. The average Bonchev–Trinajstić information content (AvgIpc) is 2.48. The lowest BCUT2D eigenvalue weighted by Gasteiger charge is -2.08. The lowest BCUT2D eigenvalue weighted by molar-refractivity contribution is 0.411. The summed E-state index contributed by atoms with van der Waals surface area (Å²) in [6.45, 7) is 1.60. The van der Waals surface area contributed by atoms with Crippen molar-refractivity contribution in [3.8, 4) is 5.75 Å². The summed E-state index contributed by atoms with van der Waals surface area (Å²) in [5.74, 6) is 0.629. The van der Waals surface area contributed by atoms with Gasteiger partial charge in [-0.3, -0.25) is 4.79 Å². The summed E-state index contributed by atoms with van der Waals surface area (Å²) in [4.78, 5) is 12.1. The highest BCUT2D eigenvalue weighted by molar-refractivity contribution is 9.11. The van der Waals surface area contributed by atoms with Gasteiger partial charge in [0.2, 0.25) is 5.16 Å². The number of rotatable bonds is 4. The molecule has 0 saturated heterocycles. The number of hydrogen-bond acceptors (Lipinski definition) is 6. The minimum Gasteiger partial charge on any atom is -0.495 e. The van der Waals surface area contributed by atoms with Gasteiger partial charge in [-0.25, -0.2) is 0 Å². The number of nitrogens with zero attached hydrogens (tertiary/aromatic N) is 4. The molecule has 22 heavy (non-hydrogen) atoms. The van der Waals surface area contributed by atoms with E-state index in [1.54, 1.807) is 26.5 Å². The summed E-state index contributed by atoms with van der Waals surface area (Å²) >= 11 is 8.14. The molecule has 0 atom stereocenters. The molecule has 1 heterocycles. The quantitative estimate of drug-likeness (QED) is 0.532. The highest BCUT2D eigenvalue weighted by Gasteiger charge is 2.10. The van der Waals surface area contributed by atoms with E-state index in [4.69, 9.17) is 4.74 Å². The molecule has 1 aromatic carbocycles. The fourth-order valence-corrected chi connectivity index (χ4v) is 3.53. The van der Waals surface area contributed by atoms with Gasteiger partial charge in [0.1, 0.15) is 11.4 Å². The van der Waals surface area contributed by atoms with Gasteiger partial charge in [-0.05, 0) is 41.2 Å². The van der Waals surface area contributed by atoms with Gasteiger partial charge in [0.25, 0.3) is 5.56 Å². The van der Waals surface area contributed by atoms with E-state index in [1.807, 2.05) is 12.1 Å². The number of aryl methyl sites for hydroxylation is 1. The minimum atomic E-state index is -0.302. The van der Waals surface area contributed by atoms with E-state index in [-0.39, 0.29) is 11.3 Å². The van der Waals surface area contributed by atoms with Crippen LogP contribution in [0.1, 0.15) is 11.3 Å². The van der Waals surface area contributed by atoms with E-state index < -0.39 is 0 Å². The van der Waals surface area contributed by atoms with Crippen molar-refractivity contribution in [2.24, 2.45) is 5.10 Å². The standard InChI is InChI=1S/C13H12Br2N4O2S/c1-7-12(20)19(13(22-3)18-17-7)16-6-8-4-9(14)5-10(15)11(8)21-2/h4-6H,1-3H3/b16-6-. The fourth-order valence-electron chi connectivity index (χ4n) is 1.68. The summed E-state index contributed by atoms with van der Waals surface area (Å²) in [5.41, 5.74) is 0.707. The van der Waals surface area contributed by atoms with Crippen molar-refractivity contribution in [1.29, 1.82) is 0 Å². The molecule has 2 aromatic rings. The number of methoxy groups -OCH3 is 1. The summed E-state index contributed by atoms with van der Waals surface area (Å²) < 4.78 is 8.22. The van der Waals surface area contributed by atoms with Crippen LogP contribution < -0.4 is 10.3 Å². The second-order valence-corrected chi connectivity index (χ2v) is 6.69. The molecule has 0 aliphatic heterocycles. The van der Waals surface area contributed by atoms with Gasteiger partial charge in [-0.15, -0.1) is 10.2 Å². The first kappa shape index (κ1) is 17.2. The third-order valence-corrected chi connectivity index (χ3v) is 4.37. The van der Waals surface area contributed by atoms with E-state index in [1.165, 1.54) is 16.4 Å². The second-order valence-electron chi connectivity index (χ2n) is 4.14. The molecule has 9 heteroatoms. The molecule has 0 radical (unpaired) electrons. The van der Waals surface area contributed by atoms with Crippen LogP contribution in [0.15, 0.2) is 36.1 Å². The van der Waals surface area contributed by atoms with Crippen LogP contribution in [0.4, 0.5) is 0 Å². The van der Waals surface area contributed by atoms with Crippen LogP contribution in [0.25, 0.3) is 0 Å². The van der Waals surface area contributed by atoms with Crippen molar-refractivity contribution in [3.05, 3.63) is 42.7 Å². The maximum atomic E-state index is 12.1. The Morgan fingerprint density at radius 3 is 2.73 bits per heavy atom. The highest BCUT2D eigenvalue weighted by Crippen LogP contribution is 2.31. The van der Waals surface area contributed by atoms with E-state index >= 15 is 0 Å². The van der Waals surface area contributed by atoms with Crippen LogP contribution in [0.5, 0.6) is 5.75 Å². The van der Waals surface area contributed by atoms with Crippen molar-refractivity contribution in [3.63, 3.8) is 0 Å². The van der Waals surface area contributed by atoms with Gasteiger partial charge in [0, 0.05) is 10.0 Å². The van der Waals surface area contributed by atoms with Gasteiger partial charge in [-0.2, -0.15) is 9.78 Å². The highest BCUT2D eigenvalue weighted by atomic mass is 79.9. The number of halogens is 2. The molecule has 0 bridgehead atoms. The molecule has 0 saturated carbocycles. The predicted molar refractivity (Wildman–Crippen MR) is 94.2 cm³/mol. The predicted octanol–water partition coefficient (Wildman–Crippen LogP) is 3.08. The SMILES string of the molecule is COc1c(Br)cc(Br)cc1/C=N\n1c(SC)nnc(C)c1=O. The van der Waals surface area contributed by atoms with Gasteiger partial charge < -0.3 is 4.74 Å². The van der Waals surface area contributed by atoms with Crippen LogP contribution >= 0.6 is 43.6 Å². The lowest BCUT2D eigenvalue weighted by Crippen LogP contribution is -2.23. The zero-order valence-corrected chi connectivity index (χ0v) is 16.0. The molecule has 0 aliphatic rings. The normalized spacial score (nSPS) is 11.1. The van der Waals surface area contributed by atoms with Crippen LogP contribution in [-0.2, 0) is 0 Å². The Morgan fingerprint density at radius 1 is 1.36 bits per heavy atom. The van der Waals surface area contributed by atoms with Crippen molar-refractivity contribution in [2.75, 3.05) is 13.4 Å². The Kier molecular flexibility index (Phi) is 5.76. The van der Waals surface area contributed by atoms with Gasteiger partial charge >= 0.3 is 0 Å². The van der Waals surface area contributed by atoms with Gasteiger partial charge in [0.05, 0.1) is 17.8 Å². The van der Waals surface area contributed by atoms with Gasteiger partial charge in [-0.1, -0.05) is 27.7 Å². The Balaban J connectivity index is 2.55. The molecular formula is C13H12Br2N4O2S. The first-order chi connectivity index (χ1) is 10.5. The molecule has 0 fully saturated rings. The molecule has 6 nitrogen and oxygen atoms in total. The number of hydrogen-bond donors (Lipinski definition) is 0. The lowest BCUT2D eigenvalue weighted by atomic mass is 10.2. The minimum absolute atomic E-state index is 0.289. The second kappa shape index (κ2) is 7.38. The van der Waals surface area contributed by atoms with E-state index in [0.29, 0.717) is 10.9 Å². The average molecular weight is 448 g/mol. The fraction of sp³-hybridized carbons (Fsp3) is 0.231. The Labute approximate surface area is 148 Å². The monoisotopic (exact) mass is 446 g/mol. The van der Waals surface area contributed by atoms with Crippen LogP contribution in [0.3, 0.4) is 0 Å². The molecule has 0 N–H and O–H groups in total. The van der Waals surface area contributed by atoms with Crippen molar-refractivity contribution >= 4 is 49.8 Å². The third-order valence-electron chi connectivity index (χ3n) is 2.70. The molecule has 0 amide bonds. The zero-order chi connectivity index (χ0) is 16.3. The molecule has 0 unspecified atom stereocenters. The van der Waals surface area contributed by atoms with Crippen molar-refractivity contribution in [1.82, 2.24) is 14.9 Å². The maximum Gasteiger partial charge on any atom is 0.296 e. The summed E-state index contributed by atoms with van der Waals surface area (Å²) in [6.07, 6.45) is 3.36. The molecule has 1 aromatic heterocycles. The first-order valence-corrected chi connectivity index (χ1v) is 8.86. The number of aromatic nitrogens is 3. The Morgan fingerprint density at radius 2 is 2.09 bits per heavy atom. The Bertz CT molecular complexity index is 792. The van der Waals surface area contributed by atoms with E-state index in [2.05, 4.69) is 47.2 Å². The maximum absolute atomic E-state index is 12.1. The largest absolute Gasteiger partial charge is 0.495 e. The van der Waals surface area contributed by atoms with Crippen molar-refractivity contribution in [2.45, 2.75) is 12.1 Å². The van der Waals surface area contributed by atoms with Crippen LogP contribution in [0, 0.1) is 6.92 Å². The van der Waals surface area contributed by atoms with E-state index in [0.717, 1.165) is 14.5 Å². The summed E-state index contributed by atoms with van der Waals surface area (Å²) in [7, 11) is 1.57. The van der Waals surface area contributed by atoms with E-state index in [9.17, 15) is 4.79 Å². The van der Waals surface area contributed by atoms with Crippen molar-refractivity contribution < 1.29 is 4.74 Å². The van der Waals surface area contributed by atoms with Crippen LogP contribution in [-0.4, -0.2) is 34.5 Å². The molecular weight excluding hydrogens is 436 g/mol. The first-order valence-electron chi connectivity index (χ1n) is 6.05. The third kappa shape index (κ3) is 3.58. The molecule has 2 rings (SSSR count). The summed E-state index contributed by atoms with van der Waals surface area (Å²) in [6, 6.07) is 3.71. The zero-order valence-electron chi connectivity index (χ0n) is 12.0. The summed E-state index contributed by atoms with van der Waals surface area (Å²) in [5, 5.41) is 12.4.